The Bertz CT molecular complexity index is 1230. The lowest BCUT2D eigenvalue weighted by Gasteiger charge is -2.30. The van der Waals surface area contributed by atoms with E-state index in [0.29, 0.717) is 30.3 Å². The average Bonchev–Trinajstić information content (AvgIpc) is 3.16. The number of carbonyl (C=O) groups is 1. The lowest BCUT2D eigenvalue weighted by Crippen LogP contribution is -2.33. The summed E-state index contributed by atoms with van der Waals surface area (Å²) in [6.45, 7) is 3.72. The van der Waals surface area contributed by atoms with Crippen LogP contribution >= 0.6 is 0 Å². The Balaban J connectivity index is 1.38. The van der Waals surface area contributed by atoms with Gasteiger partial charge in [-0.15, -0.1) is 0 Å². The second-order valence-corrected chi connectivity index (χ2v) is 8.29. The molecule has 5 rings (SSSR count). The predicted octanol–water partition coefficient (Wildman–Crippen LogP) is 5.15. The molecule has 2 aliphatic heterocycles. The van der Waals surface area contributed by atoms with Crippen molar-refractivity contribution in [2.24, 2.45) is 0 Å². The molecular weight excluding hydrogens is 421 g/mol. The van der Waals surface area contributed by atoms with Crippen molar-refractivity contribution < 1.29 is 23.4 Å². The van der Waals surface area contributed by atoms with Gasteiger partial charge in [0.05, 0.1) is 18.2 Å². The number of hydrogen-bond acceptors (Lipinski definition) is 5. The molecular formula is C27H24FNO4. The lowest BCUT2D eigenvalue weighted by molar-refractivity contribution is 0.0949. The van der Waals surface area contributed by atoms with E-state index >= 15 is 0 Å². The van der Waals surface area contributed by atoms with Gasteiger partial charge in [-0.2, -0.15) is 0 Å². The summed E-state index contributed by atoms with van der Waals surface area (Å²) in [7, 11) is 1.62. The van der Waals surface area contributed by atoms with E-state index in [-0.39, 0.29) is 11.6 Å². The molecule has 3 aromatic rings. The maximum Gasteiger partial charge on any atom is 0.232 e. The summed E-state index contributed by atoms with van der Waals surface area (Å²) in [5.74, 6) is 2.03. The van der Waals surface area contributed by atoms with Crippen molar-refractivity contribution >= 4 is 11.9 Å². The monoisotopic (exact) mass is 445 g/mol. The van der Waals surface area contributed by atoms with E-state index in [4.69, 9.17) is 14.2 Å². The third-order valence-corrected chi connectivity index (χ3v) is 6.03. The van der Waals surface area contributed by atoms with E-state index in [9.17, 15) is 9.18 Å². The van der Waals surface area contributed by atoms with Crippen molar-refractivity contribution in [2.45, 2.75) is 19.9 Å². The number of halogens is 1. The minimum atomic E-state index is -0.236. The molecule has 168 valence electrons. The molecule has 0 saturated carbocycles. The molecule has 0 fully saturated rings. The number of aryl methyl sites for hydroxylation is 1. The van der Waals surface area contributed by atoms with E-state index in [2.05, 4.69) is 4.90 Å². The maximum atomic E-state index is 13.2. The van der Waals surface area contributed by atoms with E-state index in [1.165, 1.54) is 12.1 Å². The molecule has 0 atom stereocenters. The summed E-state index contributed by atoms with van der Waals surface area (Å²) in [4.78, 5) is 15.3. The summed E-state index contributed by atoms with van der Waals surface area (Å²) >= 11 is 0. The van der Waals surface area contributed by atoms with Crippen molar-refractivity contribution in [1.82, 2.24) is 4.90 Å². The first kappa shape index (κ1) is 21.2. The van der Waals surface area contributed by atoms with Crippen LogP contribution in [0, 0.1) is 12.7 Å². The number of rotatable bonds is 5. The molecule has 0 bridgehead atoms. The molecule has 6 heteroatoms. The Hall–Kier alpha value is -3.64. The lowest BCUT2D eigenvalue weighted by atomic mass is 9.98. The molecule has 0 unspecified atom stereocenters. The number of hydrogen-bond donors (Lipinski definition) is 0. The fourth-order valence-electron chi connectivity index (χ4n) is 4.21. The molecule has 5 nitrogen and oxygen atoms in total. The molecule has 0 aromatic heterocycles. The minimum Gasteiger partial charge on any atom is -0.497 e. The van der Waals surface area contributed by atoms with Crippen molar-refractivity contribution in [1.29, 1.82) is 0 Å². The molecule has 2 aliphatic rings. The van der Waals surface area contributed by atoms with Crippen LogP contribution in [-0.2, 0) is 13.0 Å². The molecule has 0 spiro atoms. The first-order valence-corrected chi connectivity index (χ1v) is 10.9. The highest BCUT2D eigenvalue weighted by atomic mass is 19.1. The summed E-state index contributed by atoms with van der Waals surface area (Å²) in [6, 6.07) is 15.9. The first-order valence-electron chi connectivity index (χ1n) is 10.9. The summed E-state index contributed by atoms with van der Waals surface area (Å²) in [6.07, 6.45) is 2.53. The Labute approximate surface area is 192 Å². The van der Waals surface area contributed by atoms with Gasteiger partial charge >= 0.3 is 0 Å². The van der Waals surface area contributed by atoms with Crippen molar-refractivity contribution in [3.63, 3.8) is 0 Å². The molecule has 0 N–H and O–H groups in total. The third kappa shape index (κ3) is 4.22. The fraction of sp³-hybridized carbons (Fsp3) is 0.222. The number of benzene rings is 3. The first-order chi connectivity index (χ1) is 16.0. The number of ether oxygens (including phenoxy) is 3. The van der Waals surface area contributed by atoms with E-state index < -0.39 is 0 Å². The van der Waals surface area contributed by atoms with Gasteiger partial charge < -0.3 is 14.2 Å². The largest absolute Gasteiger partial charge is 0.497 e. The molecule has 3 aromatic carbocycles. The Kier molecular flexibility index (Phi) is 5.60. The number of ketones is 1. The average molecular weight is 445 g/mol. The van der Waals surface area contributed by atoms with Gasteiger partial charge in [-0.05, 0) is 66.4 Å². The quantitative estimate of drug-likeness (QED) is 0.508. The molecule has 0 radical (unpaired) electrons. The van der Waals surface area contributed by atoms with Crippen LogP contribution in [0.1, 0.15) is 32.6 Å². The van der Waals surface area contributed by atoms with E-state index in [0.717, 1.165) is 46.7 Å². The Morgan fingerprint density at radius 1 is 1.12 bits per heavy atom. The van der Waals surface area contributed by atoms with Crippen LogP contribution in [0.2, 0.25) is 0 Å². The smallest absolute Gasteiger partial charge is 0.232 e. The van der Waals surface area contributed by atoms with Crippen molar-refractivity contribution in [3.05, 3.63) is 94.0 Å². The number of carbonyl (C=O) groups excluding carboxylic acids is 1. The third-order valence-electron chi connectivity index (χ3n) is 6.03. The number of fused-ring (bicyclic) bond motifs is 3. The standard InChI is InChI=1S/C27H24FNO4/c1-17-13-23-22(15-29(16-32-23)12-11-18-3-7-20(28)8-4-18)27-25(17)26(30)24(33-27)14-19-5-9-21(31-2)10-6-19/h3-10,13-14H,11-12,15-16H2,1-2H3/b24-14+. The highest BCUT2D eigenvalue weighted by Gasteiger charge is 2.35. The minimum absolute atomic E-state index is 0.121. The zero-order valence-corrected chi connectivity index (χ0v) is 18.6. The van der Waals surface area contributed by atoms with Crippen molar-refractivity contribution in [2.75, 3.05) is 20.4 Å². The number of Topliss-reactive ketones (excluding diaryl/α,β-unsaturated/α-hetero) is 1. The molecule has 0 amide bonds. The highest BCUT2D eigenvalue weighted by Crippen LogP contribution is 2.44. The van der Waals surface area contributed by atoms with Crippen molar-refractivity contribution in [3.8, 4) is 17.2 Å². The van der Waals surface area contributed by atoms with Gasteiger partial charge in [0.1, 0.15) is 29.8 Å². The van der Waals surface area contributed by atoms with Crippen LogP contribution in [0.3, 0.4) is 0 Å². The molecule has 2 heterocycles. The number of allylic oxidation sites excluding steroid dienone is 1. The van der Waals surface area contributed by atoms with Gasteiger partial charge in [-0.1, -0.05) is 24.3 Å². The summed E-state index contributed by atoms with van der Waals surface area (Å²) in [5, 5.41) is 0. The molecule has 0 saturated heterocycles. The van der Waals surface area contributed by atoms with E-state index in [1.54, 1.807) is 25.3 Å². The SMILES string of the molecule is COc1ccc(/C=C2/Oc3c4c(cc(C)c3C2=O)OCN(CCc2ccc(F)cc2)C4)cc1. The molecule has 0 aliphatic carbocycles. The maximum absolute atomic E-state index is 13.2. The zero-order valence-electron chi connectivity index (χ0n) is 18.6. The number of nitrogens with zero attached hydrogens (tertiary/aromatic N) is 1. The Morgan fingerprint density at radius 2 is 1.88 bits per heavy atom. The van der Waals surface area contributed by atoms with Crippen LogP contribution in [0.15, 0.2) is 60.4 Å². The van der Waals surface area contributed by atoms with Gasteiger partial charge in [-0.25, -0.2) is 4.39 Å². The van der Waals surface area contributed by atoms with E-state index in [1.807, 2.05) is 37.3 Å². The zero-order chi connectivity index (χ0) is 22.9. The Morgan fingerprint density at radius 3 is 2.61 bits per heavy atom. The van der Waals surface area contributed by atoms with Gasteiger partial charge in [0, 0.05) is 13.1 Å². The molecule has 33 heavy (non-hydrogen) atoms. The van der Waals surface area contributed by atoms with Gasteiger partial charge in [0.15, 0.2) is 5.76 Å². The second-order valence-electron chi connectivity index (χ2n) is 8.29. The van der Waals surface area contributed by atoms with Gasteiger partial charge in [0.25, 0.3) is 0 Å². The van der Waals surface area contributed by atoms with Crippen LogP contribution in [0.5, 0.6) is 17.2 Å². The van der Waals surface area contributed by atoms with Crippen LogP contribution in [-0.4, -0.2) is 31.1 Å². The highest BCUT2D eigenvalue weighted by molar-refractivity contribution is 6.15. The fourth-order valence-corrected chi connectivity index (χ4v) is 4.21. The van der Waals surface area contributed by atoms with Crippen LogP contribution < -0.4 is 14.2 Å². The van der Waals surface area contributed by atoms with Crippen LogP contribution in [0.4, 0.5) is 4.39 Å². The predicted molar refractivity (Wildman–Crippen MR) is 123 cm³/mol. The normalized spacial score (nSPS) is 16.2. The summed E-state index contributed by atoms with van der Waals surface area (Å²) < 4.78 is 30.5. The summed E-state index contributed by atoms with van der Waals surface area (Å²) in [5.41, 5.74) is 4.24. The van der Waals surface area contributed by atoms with Crippen LogP contribution in [0.25, 0.3) is 6.08 Å². The second kappa shape index (κ2) is 8.71. The van der Waals surface area contributed by atoms with Gasteiger partial charge in [0.2, 0.25) is 5.78 Å². The number of methoxy groups -OCH3 is 1. The van der Waals surface area contributed by atoms with Gasteiger partial charge in [-0.3, -0.25) is 9.69 Å². The topological polar surface area (TPSA) is 48.0 Å².